The van der Waals surface area contributed by atoms with Crippen molar-refractivity contribution >= 4 is 11.6 Å². The molecule has 0 unspecified atom stereocenters. The SMILES string of the molecule is CC(C)N1CCC[C@H]1c1ccccc1Cl. The maximum absolute atomic E-state index is 6.25. The van der Waals surface area contributed by atoms with Gasteiger partial charge in [0.05, 0.1) is 0 Å². The highest BCUT2D eigenvalue weighted by molar-refractivity contribution is 6.31. The molecule has 0 amide bonds. The first-order chi connectivity index (χ1) is 7.20. The minimum absolute atomic E-state index is 0.527. The molecule has 2 heteroatoms. The highest BCUT2D eigenvalue weighted by Gasteiger charge is 2.28. The highest BCUT2D eigenvalue weighted by Crippen LogP contribution is 2.36. The number of nitrogens with zero attached hydrogens (tertiary/aromatic N) is 1. The minimum atomic E-state index is 0.527. The summed E-state index contributed by atoms with van der Waals surface area (Å²) in [4.78, 5) is 2.54. The van der Waals surface area contributed by atoms with E-state index < -0.39 is 0 Å². The quantitative estimate of drug-likeness (QED) is 0.736. The van der Waals surface area contributed by atoms with Crippen LogP contribution in [-0.4, -0.2) is 17.5 Å². The van der Waals surface area contributed by atoms with Crippen LogP contribution in [0.2, 0.25) is 5.02 Å². The number of benzene rings is 1. The average molecular weight is 224 g/mol. The van der Waals surface area contributed by atoms with E-state index in [1.807, 2.05) is 12.1 Å². The summed E-state index contributed by atoms with van der Waals surface area (Å²) in [5, 5.41) is 0.912. The second-order valence-corrected chi connectivity index (χ2v) is 4.92. The lowest BCUT2D eigenvalue weighted by Crippen LogP contribution is -2.30. The molecule has 15 heavy (non-hydrogen) atoms. The summed E-state index contributed by atoms with van der Waals surface area (Å²) < 4.78 is 0. The molecule has 82 valence electrons. The maximum atomic E-state index is 6.25. The number of halogens is 1. The Balaban J connectivity index is 2.27. The van der Waals surface area contributed by atoms with E-state index in [-0.39, 0.29) is 0 Å². The predicted octanol–water partition coefficient (Wildman–Crippen LogP) is 3.89. The van der Waals surface area contributed by atoms with E-state index in [9.17, 15) is 0 Å². The van der Waals surface area contributed by atoms with E-state index in [0.29, 0.717) is 12.1 Å². The first-order valence-electron chi connectivity index (χ1n) is 5.70. The van der Waals surface area contributed by atoms with Crippen LogP contribution in [0.5, 0.6) is 0 Å². The van der Waals surface area contributed by atoms with Crippen molar-refractivity contribution in [2.45, 2.75) is 38.8 Å². The first-order valence-corrected chi connectivity index (χ1v) is 6.08. The standard InChI is InChI=1S/C13H18ClN/c1-10(2)15-9-5-8-13(15)11-6-3-4-7-12(11)14/h3-4,6-7,10,13H,5,8-9H2,1-2H3/t13-/m0/s1. The van der Waals surface area contributed by atoms with Crippen LogP contribution < -0.4 is 0 Å². The summed E-state index contributed by atoms with van der Waals surface area (Å²) in [6.45, 7) is 5.72. The zero-order valence-electron chi connectivity index (χ0n) is 9.41. The molecule has 1 heterocycles. The van der Waals surface area contributed by atoms with Gasteiger partial charge < -0.3 is 0 Å². The molecule has 1 fully saturated rings. The second-order valence-electron chi connectivity index (χ2n) is 4.51. The van der Waals surface area contributed by atoms with E-state index in [4.69, 9.17) is 11.6 Å². The molecule has 1 atom stereocenters. The molecule has 0 saturated carbocycles. The van der Waals surface area contributed by atoms with E-state index >= 15 is 0 Å². The zero-order valence-corrected chi connectivity index (χ0v) is 10.2. The van der Waals surface area contributed by atoms with Crippen molar-refractivity contribution in [1.29, 1.82) is 0 Å². The van der Waals surface area contributed by atoms with Gasteiger partial charge in [-0.15, -0.1) is 0 Å². The van der Waals surface area contributed by atoms with Gasteiger partial charge in [-0.05, 0) is 44.9 Å². The van der Waals surface area contributed by atoms with Crippen LogP contribution in [-0.2, 0) is 0 Å². The molecule has 0 radical (unpaired) electrons. The van der Waals surface area contributed by atoms with Gasteiger partial charge in [0.25, 0.3) is 0 Å². The molecule has 2 rings (SSSR count). The largest absolute Gasteiger partial charge is 0.294 e. The second kappa shape index (κ2) is 4.54. The third-order valence-corrected chi connectivity index (χ3v) is 3.57. The third kappa shape index (κ3) is 2.19. The Morgan fingerprint density at radius 2 is 2.07 bits per heavy atom. The summed E-state index contributed by atoms with van der Waals surface area (Å²) >= 11 is 6.25. The Labute approximate surface area is 97.0 Å². The highest BCUT2D eigenvalue weighted by atomic mass is 35.5. The van der Waals surface area contributed by atoms with Gasteiger partial charge in [-0.2, -0.15) is 0 Å². The topological polar surface area (TPSA) is 3.24 Å². The Kier molecular flexibility index (Phi) is 3.32. The van der Waals surface area contributed by atoms with Crippen LogP contribution in [0.15, 0.2) is 24.3 Å². The van der Waals surface area contributed by atoms with Crippen LogP contribution in [0.4, 0.5) is 0 Å². The van der Waals surface area contributed by atoms with Gasteiger partial charge in [0.1, 0.15) is 0 Å². The van der Waals surface area contributed by atoms with Crippen LogP contribution >= 0.6 is 11.6 Å². The van der Waals surface area contributed by atoms with Gasteiger partial charge in [-0.3, -0.25) is 4.90 Å². The lowest BCUT2D eigenvalue weighted by atomic mass is 10.0. The molecule has 0 bridgehead atoms. The van der Waals surface area contributed by atoms with E-state index in [1.165, 1.54) is 24.9 Å². The molecule has 1 saturated heterocycles. The van der Waals surface area contributed by atoms with Gasteiger partial charge in [0.2, 0.25) is 0 Å². The molecule has 0 aliphatic carbocycles. The molecule has 0 N–H and O–H groups in total. The van der Waals surface area contributed by atoms with Gasteiger partial charge in [-0.25, -0.2) is 0 Å². The average Bonchev–Trinajstić information content (AvgIpc) is 2.67. The molecular formula is C13H18ClN. The summed E-state index contributed by atoms with van der Waals surface area (Å²) in [6.07, 6.45) is 2.52. The summed E-state index contributed by atoms with van der Waals surface area (Å²) in [5.74, 6) is 0. The lowest BCUT2D eigenvalue weighted by molar-refractivity contribution is 0.205. The molecule has 1 aromatic rings. The lowest BCUT2D eigenvalue weighted by Gasteiger charge is -2.29. The van der Waals surface area contributed by atoms with Crippen molar-refractivity contribution in [1.82, 2.24) is 4.90 Å². The fourth-order valence-electron chi connectivity index (χ4n) is 2.49. The van der Waals surface area contributed by atoms with Crippen molar-refractivity contribution in [2.75, 3.05) is 6.54 Å². The number of hydrogen-bond acceptors (Lipinski definition) is 1. The molecular weight excluding hydrogens is 206 g/mol. The van der Waals surface area contributed by atoms with Crippen LogP contribution in [0.1, 0.15) is 38.3 Å². The minimum Gasteiger partial charge on any atom is -0.294 e. The number of likely N-dealkylation sites (tertiary alicyclic amines) is 1. The Morgan fingerprint density at radius 1 is 1.33 bits per heavy atom. The number of hydrogen-bond donors (Lipinski definition) is 0. The van der Waals surface area contributed by atoms with Crippen molar-refractivity contribution in [2.24, 2.45) is 0 Å². The van der Waals surface area contributed by atoms with Crippen LogP contribution in [0.3, 0.4) is 0 Å². The van der Waals surface area contributed by atoms with E-state index in [0.717, 1.165) is 5.02 Å². The van der Waals surface area contributed by atoms with Crippen molar-refractivity contribution in [3.63, 3.8) is 0 Å². The smallest absolute Gasteiger partial charge is 0.0453 e. The van der Waals surface area contributed by atoms with Crippen molar-refractivity contribution in [3.05, 3.63) is 34.9 Å². The third-order valence-electron chi connectivity index (χ3n) is 3.22. The predicted molar refractivity (Wildman–Crippen MR) is 65.3 cm³/mol. The molecule has 1 aliphatic rings. The Morgan fingerprint density at radius 3 is 2.73 bits per heavy atom. The summed E-state index contributed by atoms with van der Waals surface area (Å²) in [5.41, 5.74) is 1.30. The van der Waals surface area contributed by atoms with Crippen LogP contribution in [0, 0.1) is 0 Å². The molecule has 0 spiro atoms. The Hall–Kier alpha value is -0.530. The summed E-state index contributed by atoms with van der Waals surface area (Å²) in [7, 11) is 0. The van der Waals surface area contributed by atoms with Crippen LogP contribution in [0.25, 0.3) is 0 Å². The molecule has 1 aliphatic heterocycles. The summed E-state index contributed by atoms with van der Waals surface area (Å²) in [6, 6.07) is 9.37. The van der Waals surface area contributed by atoms with E-state index in [2.05, 4.69) is 30.9 Å². The van der Waals surface area contributed by atoms with Gasteiger partial charge >= 0.3 is 0 Å². The van der Waals surface area contributed by atoms with Crippen molar-refractivity contribution < 1.29 is 0 Å². The molecule has 0 aromatic heterocycles. The zero-order chi connectivity index (χ0) is 10.8. The number of rotatable bonds is 2. The van der Waals surface area contributed by atoms with Gasteiger partial charge in [0.15, 0.2) is 0 Å². The van der Waals surface area contributed by atoms with Gasteiger partial charge in [-0.1, -0.05) is 29.8 Å². The fourth-order valence-corrected chi connectivity index (χ4v) is 2.75. The Bertz CT molecular complexity index is 335. The van der Waals surface area contributed by atoms with Crippen molar-refractivity contribution in [3.8, 4) is 0 Å². The normalized spacial score (nSPS) is 22.5. The monoisotopic (exact) mass is 223 g/mol. The maximum Gasteiger partial charge on any atom is 0.0453 e. The first kappa shape index (κ1) is 11.0. The fraction of sp³-hybridized carbons (Fsp3) is 0.538. The molecule has 1 aromatic carbocycles. The van der Waals surface area contributed by atoms with E-state index in [1.54, 1.807) is 0 Å². The van der Waals surface area contributed by atoms with Gasteiger partial charge in [0, 0.05) is 17.1 Å². The molecule has 1 nitrogen and oxygen atoms in total.